The number of ketones is 1. The van der Waals surface area contributed by atoms with Gasteiger partial charge in [-0.15, -0.1) is 0 Å². The Bertz CT molecular complexity index is 574. The highest BCUT2D eigenvalue weighted by atomic mass is 19.1. The van der Waals surface area contributed by atoms with Gasteiger partial charge in [-0.3, -0.25) is 14.5 Å². The molecule has 0 spiro atoms. The highest BCUT2D eigenvalue weighted by molar-refractivity contribution is 5.97. The van der Waals surface area contributed by atoms with Gasteiger partial charge in [0, 0.05) is 37.7 Å². The molecule has 1 aromatic rings. The lowest BCUT2D eigenvalue weighted by Gasteiger charge is -2.36. The number of hydrogen-bond donors (Lipinski definition) is 0. The number of benzene rings is 1. The third-order valence-corrected chi connectivity index (χ3v) is 5.17. The van der Waals surface area contributed by atoms with E-state index in [1.807, 2.05) is 4.90 Å². The predicted octanol–water partition coefficient (Wildman–Crippen LogP) is 2.73. The van der Waals surface area contributed by atoms with Crippen molar-refractivity contribution in [2.75, 3.05) is 32.7 Å². The van der Waals surface area contributed by atoms with Crippen molar-refractivity contribution in [1.29, 1.82) is 0 Å². The van der Waals surface area contributed by atoms with Gasteiger partial charge < -0.3 is 4.90 Å². The average Bonchev–Trinajstić information content (AvgIpc) is 2.63. The lowest BCUT2D eigenvalue weighted by atomic mass is 9.88. The van der Waals surface area contributed by atoms with Crippen molar-refractivity contribution < 1.29 is 14.0 Å². The summed E-state index contributed by atoms with van der Waals surface area (Å²) in [5, 5.41) is 0. The molecule has 1 saturated carbocycles. The van der Waals surface area contributed by atoms with Crippen LogP contribution in [0.4, 0.5) is 4.39 Å². The molecule has 1 aliphatic heterocycles. The topological polar surface area (TPSA) is 40.6 Å². The third-order valence-electron chi connectivity index (χ3n) is 5.17. The van der Waals surface area contributed by atoms with Gasteiger partial charge in [-0.2, -0.15) is 0 Å². The van der Waals surface area contributed by atoms with Crippen LogP contribution in [0.25, 0.3) is 0 Å². The van der Waals surface area contributed by atoms with Crippen molar-refractivity contribution in [3.8, 4) is 0 Å². The molecule has 5 heteroatoms. The van der Waals surface area contributed by atoms with Crippen LogP contribution < -0.4 is 0 Å². The summed E-state index contributed by atoms with van der Waals surface area (Å²) in [6, 6.07) is 5.68. The minimum Gasteiger partial charge on any atom is -0.340 e. The standard InChI is InChI=1S/C19H25FN2O2/c20-17-8-6-15(7-9-17)18(23)14-21-10-12-22(13-11-21)19(24)16-4-2-1-3-5-16/h6-9,16H,1-5,10-14H2. The lowest BCUT2D eigenvalue weighted by Crippen LogP contribution is -2.51. The van der Waals surface area contributed by atoms with Gasteiger partial charge in [0.25, 0.3) is 0 Å². The number of hydrogen-bond acceptors (Lipinski definition) is 3. The van der Waals surface area contributed by atoms with Crippen molar-refractivity contribution in [2.24, 2.45) is 5.92 Å². The first-order chi connectivity index (χ1) is 11.6. The molecule has 1 heterocycles. The summed E-state index contributed by atoms with van der Waals surface area (Å²) < 4.78 is 12.9. The van der Waals surface area contributed by atoms with Crippen LogP contribution >= 0.6 is 0 Å². The van der Waals surface area contributed by atoms with Gasteiger partial charge in [-0.1, -0.05) is 19.3 Å². The van der Waals surface area contributed by atoms with Gasteiger partial charge in [0.2, 0.25) is 5.91 Å². The molecule has 0 aromatic heterocycles. The van der Waals surface area contributed by atoms with Crippen LogP contribution in [0.2, 0.25) is 0 Å². The Kier molecular flexibility index (Phi) is 5.61. The summed E-state index contributed by atoms with van der Waals surface area (Å²) in [7, 11) is 0. The van der Waals surface area contributed by atoms with E-state index in [2.05, 4.69) is 4.90 Å². The number of nitrogens with zero attached hydrogens (tertiary/aromatic N) is 2. The molecule has 1 saturated heterocycles. The summed E-state index contributed by atoms with van der Waals surface area (Å²) in [6.45, 7) is 3.19. The molecule has 130 valence electrons. The van der Waals surface area contributed by atoms with E-state index < -0.39 is 0 Å². The SMILES string of the molecule is O=C(CN1CCN(C(=O)C2CCCCC2)CC1)c1ccc(F)cc1. The van der Waals surface area contributed by atoms with Gasteiger partial charge in [0.05, 0.1) is 6.54 Å². The number of halogens is 1. The van der Waals surface area contributed by atoms with Crippen LogP contribution in [-0.4, -0.2) is 54.2 Å². The Hall–Kier alpha value is -1.75. The first kappa shape index (κ1) is 17.1. The van der Waals surface area contributed by atoms with E-state index in [0.29, 0.717) is 31.1 Å². The van der Waals surface area contributed by atoms with Crippen LogP contribution in [0.15, 0.2) is 24.3 Å². The fourth-order valence-electron chi connectivity index (χ4n) is 3.66. The summed E-state index contributed by atoms with van der Waals surface area (Å²) in [5.74, 6) is 0.189. The van der Waals surface area contributed by atoms with Gasteiger partial charge in [-0.25, -0.2) is 4.39 Å². The van der Waals surface area contributed by atoms with Crippen molar-refractivity contribution in [3.05, 3.63) is 35.6 Å². The molecule has 0 radical (unpaired) electrons. The number of piperazine rings is 1. The molecule has 0 unspecified atom stereocenters. The van der Waals surface area contributed by atoms with Crippen molar-refractivity contribution in [2.45, 2.75) is 32.1 Å². The monoisotopic (exact) mass is 332 g/mol. The number of amides is 1. The number of Topliss-reactive ketones (excluding diaryl/α,β-unsaturated/α-hetero) is 1. The van der Waals surface area contributed by atoms with Crippen molar-refractivity contribution in [3.63, 3.8) is 0 Å². The smallest absolute Gasteiger partial charge is 0.225 e. The highest BCUT2D eigenvalue weighted by Gasteiger charge is 2.28. The zero-order valence-electron chi connectivity index (χ0n) is 14.0. The van der Waals surface area contributed by atoms with E-state index in [4.69, 9.17) is 0 Å². The normalized spacial score (nSPS) is 20.1. The second-order valence-electron chi connectivity index (χ2n) is 6.87. The molecule has 24 heavy (non-hydrogen) atoms. The molecular weight excluding hydrogens is 307 g/mol. The van der Waals surface area contributed by atoms with Gasteiger partial charge in [0.1, 0.15) is 5.82 Å². The largest absolute Gasteiger partial charge is 0.340 e. The number of carbonyl (C=O) groups is 2. The first-order valence-electron chi connectivity index (χ1n) is 8.93. The first-order valence-corrected chi connectivity index (χ1v) is 8.93. The van der Waals surface area contributed by atoms with Gasteiger partial charge in [-0.05, 0) is 37.1 Å². The van der Waals surface area contributed by atoms with E-state index in [-0.39, 0.29) is 17.5 Å². The van der Waals surface area contributed by atoms with E-state index in [0.717, 1.165) is 25.9 Å². The highest BCUT2D eigenvalue weighted by Crippen LogP contribution is 2.25. The van der Waals surface area contributed by atoms with Crippen molar-refractivity contribution >= 4 is 11.7 Å². The molecule has 4 nitrogen and oxygen atoms in total. The fourth-order valence-corrected chi connectivity index (χ4v) is 3.66. The number of carbonyl (C=O) groups excluding carboxylic acids is 2. The molecular formula is C19H25FN2O2. The van der Waals surface area contributed by atoms with Crippen molar-refractivity contribution in [1.82, 2.24) is 9.80 Å². The predicted molar refractivity (Wildman–Crippen MR) is 90.3 cm³/mol. The summed E-state index contributed by atoms with van der Waals surface area (Å²) in [5.41, 5.74) is 0.539. The van der Waals surface area contributed by atoms with Crippen LogP contribution in [0.5, 0.6) is 0 Å². The molecule has 2 fully saturated rings. The van der Waals surface area contributed by atoms with E-state index in [1.54, 1.807) is 0 Å². The van der Waals surface area contributed by atoms with E-state index in [9.17, 15) is 14.0 Å². The maximum Gasteiger partial charge on any atom is 0.225 e. The average molecular weight is 332 g/mol. The quantitative estimate of drug-likeness (QED) is 0.796. The maximum atomic E-state index is 12.9. The maximum absolute atomic E-state index is 12.9. The Morgan fingerprint density at radius 3 is 2.21 bits per heavy atom. The third kappa shape index (κ3) is 4.20. The van der Waals surface area contributed by atoms with Gasteiger partial charge >= 0.3 is 0 Å². The molecule has 1 amide bonds. The van der Waals surface area contributed by atoms with E-state index >= 15 is 0 Å². The minimum absolute atomic E-state index is 0.00190. The zero-order valence-corrected chi connectivity index (χ0v) is 14.0. The lowest BCUT2D eigenvalue weighted by molar-refractivity contribution is -0.138. The Balaban J connectivity index is 1.47. The summed E-state index contributed by atoms with van der Waals surface area (Å²) in [6.07, 6.45) is 5.65. The van der Waals surface area contributed by atoms with Crippen LogP contribution in [-0.2, 0) is 4.79 Å². The molecule has 2 aliphatic rings. The van der Waals surface area contributed by atoms with Crippen LogP contribution in [0, 0.1) is 11.7 Å². The molecule has 1 aliphatic carbocycles. The molecule has 0 atom stereocenters. The Morgan fingerprint density at radius 1 is 0.958 bits per heavy atom. The Labute approximate surface area is 142 Å². The summed E-state index contributed by atoms with van der Waals surface area (Å²) >= 11 is 0. The molecule has 0 bridgehead atoms. The second kappa shape index (κ2) is 7.88. The molecule has 1 aromatic carbocycles. The molecule has 3 rings (SSSR count). The van der Waals surface area contributed by atoms with Crippen LogP contribution in [0.1, 0.15) is 42.5 Å². The minimum atomic E-state index is -0.332. The van der Waals surface area contributed by atoms with E-state index in [1.165, 1.54) is 43.5 Å². The van der Waals surface area contributed by atoms with Gasteiger partial charge in [0.15, 0.2) is 5.78 Å². The summed E-state index contributed by atoms with van der Waals surface area (Å²) in [4.78, 5) is 28.8. The van der Waals surface area contributed by atoms with Crippen LogP contribution in [0.3, 0.4) is 0 Å². The zero-order chi connectivity index (χ0) is 16.9. The second-order valence-corrected chi connectivity index (χ2v) is 6.87. The number of rotatable bonds is 4. The molecule has 0 N–H and O–H groups in total. The fraction of sp³-hybridized carbons (Fsp3) is 0.579. The Morgan fingerprint density at radius 2 is 1.58 bits per heavy atom.